The molecule has 0 saturated carbocycles. The van der Waals surface area contributed by atoms with Gasteiger partial charge in [-0.2, -0.15) is 0 Å². The highest BCUT2D eigenvalue weighted by Crippen LogP contribution is 2.11. The van der Waals surface area contributed by atoms with Gasteiger partial charge in [0.05, 0.1) is 5.54 Å². The molecular weight excluding hydrogens is 236 g/mol. The quantitative estimate of drug-likeness (QED) is 0.582. The van der Waals surface area contributed by atoms with Gasteiger partial charge in [-0.1, -0.05) is 46.5 Å². The van der Waals surface area contributed by atoms with Crippen LogP contribution < -0.4 is 5.32 Å². The predicted octanol–water partition coefficient (Wildman–Crippen LogP) is 3.58. The van der Waals surface area contributed by atoms with Crippen LogP contribution in [0, 0.1) is 0 Å². The van der Waals surface area contributed by atoms with Gasteiger partial charge in [0.2, 0.25) is 5.91 Å². The molecule has 0 saturated heterocycles. The smallest absolute Gasteiger partial charge is 0.242 e. The molecule has 0 fully saturated rings. The zero-order valence-electron chi connectivity index (χ0n) is 13.7. The summed E-state index contributed by atoms with van der Waals surface area (Å²) in [6.07, 6.45) is 7.06. The Balaban J connectivity index is 4.46. The summed E-state index contributed by atoms with van der Waals surface area (Å²) in [5, 5.41) is 3.29. The number of hydrogen-bond donors (Lipinski definition) is 1. The standard InChI is InChI=1S/C16H34N2O/c1-6-9-11-13-18(14-12-10-7-2)15(19)16(4,5)17-8-3/h17H,6-14H2,1-5H3. The molecule has 0 aromatic heterocycles. The van der Waals surface area contributed by atoms with Gasteiger partial charge in [0, 0.05) is 13.1 Å². The first-order valence-electron chi connectivity index (χ1n) is 8.04. The first-order valence-corrected chi connectivity index (χ1v) is 8.04. The third kappa shape index (κ3) is 7.56. The van der Waals surface area contributed by atoms with Gasteiger partial charge in [-0.3, -0.25) is 4.79 Å². The van der Waals surface area contributed by atoms with Crippen LogP contribution >= 0.6 is 0 Å². The number of nitrogens with one attached hydrogen (secondary N) is 1. The molecule has 1 N–H and O–H groups in total. The summed E-state index contributed by atoms with van der Waals surface area (Å²) in [6.45, 7) is 13.1. The lowest BCUT2D eigenvalue weighted by atomic mass is 10.0. The normalized spacial score (nSPS) is 11.6. The van der Waals surface area contributed by atoms with Crippen molar-refractivity contribution in [2.45, 2.75) is 78.7 Å². The van der Waals surface area contributed by atoms with E-state index in [1.165, 1.54) is 25.7 Å². The van der Waals surface area contributed by atoms with Crippen molar-refractivity contribution >= 4 is 5.91 Å². The van der Waals surface area contributed by atoms with Crippen molar-refractivity contribution in [1.29, 1.82) is 0 Å². The molecule has 0 rings (SSSR count). The van der Waals surface area contributed by atoms with Crippen LogP contribution in [0.5, 0.6) is 0 Å². The Hall–Kier alpha value is -0.570. The summed E-state index contributed by atoms with van der Waals surface area (Å²) in [6, 6.07) is 0. The molecular formula is C16H34N2O. The topological polar surface area (TPSA) is 32.3 Å². The number of unbranched alkanes of at least 4 members (excludes halogenated alkanes) is 4. The highest BCUT2D eigenvalue weighted by atomic mass is 16.2. The summed E-state index contributed by atoms with van der Waals surface area (Å²) < 4.78 is 0. The molecule has 114 valence electrons. The van der Waals surface area contributed by atoms with Gasteiger partial charge in [0.1, 0.15) is 0 Å². The second kappa shape index (κ2) is 10.2. The predicted molar refractivity (Wildman–Crippen MR) is 83.4 cm³/mol. The van der Waals surface area contributed by atoms with E-state index in [-0.39, 0.29) is 5.91 Å². The van der Waals surface area contributed by atoms with Crippen molar-refractivity contribution in [3.05, 3.63) is 0 Å². The van der Waals surface area contributed by atoms with Crippen LogP contribution in [-0.4, -0.2) is 36.0 Å². The summed E-state index contributed by atoms with van der Waals surface area (Å²) in [4.78, 5) is 14.7. The summed E-state index contributed by atoms with van der Waals surface area (Å²) >= 11 is 0. The second-order valence-electron chi connectivity index (χ2n) is 5.86. The minimum absolute atomic E-state index is 0.251. The zero-order chi connectivity index (χ0) is 14.7. The van der Waals surface area contributed by atoms with Gasteiger partial charge in [0.15, 0.2) is 0 Å². The van der Waals surface area contributed by atoms with Gasteiger partial charge in [0.25, 0.3) is 0 Å². The lowest BCUT2D eigenvalue weighted by molar-refractivity contribution is -0.137. The van der Waals surface area contributed by atoms with E-state index in [1.54, 1.807) is 0 Å². The lowest BCUT2D eigenvalue weighted by Gasteiger charge is -2.32. The number of carbonyl (C=O) groups excluding carboxylic acids is 1. The van der Waals surface area contributed by atoms with Crippen LogP contribution in [0.4, 0.5) is 0 Å². The third-order valence-corrected chi connectivity index (χ3v) is 3.50. The molecule has 0 unspecified atom stereocenters. The van der Waals surface area contributed by atoms with Gasteiger partial charge in [-0.15, -0.1) is 0 Å². The van der Waals surface area contributed by atoms with Crippen LogP contribution in [0.3, 0.4) is 0 Å². The minimum atomic E-state index is -0.437. The van der Waals surface area contributed by atoms with Crippen molar-refractivity contribution in [3.8, 4) is 0 Å². The Morgan fingerprint density at radius 2 is 1.42 bits per heavy atom. The van der Waals surface area contributed by atoms with Crippen molar-refractivity contribution in [2.75, 3.05) is 19.6 Å². The minimum Gasteiger partial charge on any atom is -0.341 e. The molecule has 1 amide bonds. The Kier molecular flexibility index (Phi) is 9.94. The fourth-order valence-electron chi connectivity index (χ4n) is 2.33. The number of amides is 1. The lowest BCUT2D eigenvalue weighted by Crippen LogP contribution is -2.54. The van der Waals surface area contributed by atoms with Gasteiger partial charge in [-0.05, 0) is 33.2 Å². The van der Waals surface area contributed by atoms with Crippen LogP contribution in [0.1, 0.15) is 73.1 Å². The molecule has 0 spiro atoms. The van der Waals surface area contributed by atoms with Gasteiger partial charge < -0.3 is 10.2 Å². The van der Waals surface area contributed by atoms with Gasteiger partial charge in [-0.25, -0.2) is 0 Å². The van der Waals surface area contributed by atoms with Gasteiger partial charge >= 0.3 is 0 Å². The maximum Gasteiger partial charge on any atom is 0.242 e. The molecule has 0 aliphatic carbocycles. The van der Waals surface area contributed by atoms with E-state index < -0.39 is 5.54 Å². The van der Waals surface area contributed by atoms with Crippen molar-refractivity contribution in [3.63, 3.8) is 0 Å². The highest BCUT2D eigenvalue weighted by molar-refractivity contribution is 5.85. The van der Waals surface area contributed by atoms with Crippen LogP contribution in [-0.2, 0) is 4.79 Å². The molecule has 19 heavy (non-hydrogen) atoms. The molecule has 0 aliphatic heterocycles. The Bertz CT molecular complexity index is 229. The first kappa shape index (κ1) is 18.4. The largest absolute Gasteiger partial charge is 0.341 e. The Morgan fingerprint density at radius 1 is 0.947 bits per heavy atom. The fraction of sp³-hybridized carbons (Fsp3) is 0.938. The summed E-state index contributed by atoms with van der Waals surface area (Å²) in [7, 11) is 0. The molecule has 0 aromatic carbocycles. The maximum absolute atomic E-state index is 12.6. The van der Waals surface area contributed by atoms with Crippen LogP contribution in [0.2, 0.25) is 0 Å². The molecule has 0 radical (unpaired) electrons. The van der Waals surface area contributed by atoms with Crippen molar-refractivity contribution in [1.82, 2.24) is 10.2 Å². The van der Waals surface area contributed by atoms with Crippen molar-refractivity contribution < 1.29 is 4.79 Å². The van der Waals surface area contributed by atoms with E-state index in [0.29, 0.717) is 0 Å². The molecule has 0 bridgehead atoms. The second-order valence-corrected chi connectivity index (χ2v) is 5.86. The molecule has 0 heterocycles. The number of carbonyl (C=O) groups is 1. The highest BCUT2D eigenvalue weighted by Gasteiger charge is 2.30. The maximum atomic E-state index is 12.6. The molecule has 3 nitrogen and oxygen atoms in total. The van der Waals surface area contributed by atoms with Crippen LogP contribution in [0.25, 0.3) is 0 Å². The number of rotatable bonds is 11. The van der Waals surface area contributed by atoms with E-state index in [9.17, 15) is 4.79 Å². The number of likely N-dealkylation sites (N-methyl/N-ethyl adjacent to an activating group) is 1. The van der Waals surface area contributed by atoms with Crippen molar-refractivity contribution in [2.24, 2.45) is 0 Å². The molecule has 0 aliphatic rings. The SMILES string of the molecule is CCCCCN(CCCCC)C(=O)C(C)(C)NCC. The van der Waals surface area contributed by atoms with E-state index in [1.807, 2.05) is 20.8 Å². The van der Waals surface area contributed by atoms with E-state index >= 15 is 0 Å². The average Bonchev–Trinajstić information content (AvgIpc) is 2.36. The zero-order valence-corrected chi connectivity index (χ0v) is 13.7. The fourth-order valence-corrected chi connectivity index (χ4v) is 2.33. The molecule has 0 aromatic rings. The average molecular weight is 270 g/mol. The number of hydrogen-bond acceptors (Lipinski definition) is 2. The number of nitrogens with zero attached hydrogens (tertiary/aromatic N) is 1. The molecule has 0 atom stereocenters. The molecule has 3 heteroatoms. The van der Waals surface area contributed by atoms with E-state index in [2.05, 4.69) is 24.1 Å². The van der Waals surface area contributed by atoms with E-state index in [4.69, 9.17) is 0 Å². The Morgan fingerprint density at radius 3 is 1.79 bits per heavy atom. The third-order valence-electron chi connectivity index (χ3n) is 3.50. The van der Waals surface area contributed by atoms with Crippen LogP contribution in [0.15, 0.2) is 0 Å². The monoisotopic (exact) mass is 270 g/mol. The summed E-state index contributed by atoms with van der Waals surface area (Å²) in [5.74, 6) is 0.251. The summed E-state index contributed by atoms with van der Waals surface area (Å²) in [5.41, 5.74) is -0.437. The first-order chi connectivity index (χ1) is 8.99. The Labute approximate surface area is 120 Å². The van der Waals surface area contributed by atoms with E-state index in [0.717, 1.165) is 32.5 Å².